The molecule has 0 bridgehead atoms. The third-order valence-corrected chi connectivity index (χ3v) is 4.71. The monoisotopic (exact) mass is 352 g/mol. The summed E-state index contributed by atoms with van der Waals surface area (Å²) in [5, 5.41) is 28.7. The second-order valence-corrected chi connectivity index (χ2v) is 6.86. The zero-order chi connectivity index (χ0) is 18.7. The van der Waals surface area contributed by atoms with Gasteiger partial charge in [-0.3, -0.25) is 9.59 Å². The number of carboxylic acids is 1. The lowest BCUT2D eigenvalue weighted by atomic mass is 9.90. The van der Waals surface area contributed by atoms with Crippen molar-refractivity contribution < 1.29 is 24.9 Å². The van der Waals surface area contributed by atoms with E-state index >= 15 is 0 Å². The summed E-state index contributed by atoms with van der Waals surface area (Å²) >= 11 is 0. The summed E-state index contributed by atoms with van der Waals surface area (Å²) < 4.78 is 0. The summed E-state index contributed by atoms with van der Waals surface area (Å²) in [6, 6.07) is 0. The molecule has 0 aliphatic heterocycles. The molecule has 0 aromatic heterocycles. The van der Waals surface area contributed by atoms with E-state index in [9.17, 15) is 19.8 Å². The van der Waals surface area contributed by atoms with Crippen molar-refractivity contribution in [3.05, 3.63) is 24.3 Å². The molecule has 5 heteroatoms. The first kappa shape index (κ1) is 21.6. The number of Topliss-reactive ketones (excluding diaryl/α,β-unsaturated/α-hetero) is 1. The Morgan fingerprint density at radius 2 is 2.04 bits per heavy atom. The molecule has 1 aliphatic carbocycles. The van der Waals surface area contributed by atoms with Crippen molar-refractivity contribution in [1.29, 1.82) is 0 Å². The van der Waals surface area contributed by atoms with Gasteiger partial charge in [0.2, 0.25) is 0 Å². The van der Waals surface area contributed by atoms with E-state index in [2.05, 4.69) is 6.92 Å². The maximum absolute atomic E-state index is 12.1. The van der Waals surface area contributed by atoms with Crippen LogP contribution in [0.1, 0.15) is 64.7 Å². The molecule has 0 unspecified atom stereocenters. The van der Waals surface area contributed by atoms with Gasteiger partial charge in [-0.2, -0.15) is 0 Å². The van der Waals surface area contributed by atoms with Crippen LogP contribution in [0.15, 0.2) is 24.3 Å². The van der Waals surface area contributed by atoms with Gasteiger partial charge in [0.15, 0.2) is 0 Å². The molecule has 0 radical (unpaired) electrons. The minimum absolute atomic E-state index is 0.0535. The largest absolute Gasteiger partial charge is 0.481 e. The lowest BCUT2D eigenvalue weighted by molar-refractivity contribution is -0.137. The van der Waals surface area contributed by atoms with Crippen LogP contribution in [-0.2, 0) is 9.59 Å². The summed E-state index contributed by atoms with van der Waals surface area (Å²) in [7, 11) is 0. The smallest absolute Gasteiger partial charge is 0.303 e. The second-order valence-electron chi connectivity index (χ2n) is 6.86. The highest BCUT2D eigenvalue weighted by Gasteiger charge is 2.39. The van der Waals surface area contributed by atoms with Crippen LogP contribution >= 0.6 is 0 Å². The van der Waals surface area contributed by atoms with Gasteiger partial charge in [0.1, 0.15) is 5.78 Å². The molecule has 4 atom stereocenters. The van der Waals surface area contributed by atoms with Gasteiger partial charge in [-0.15, -0.1) is 0 Å². The number of carbonyl (C=O) groups is 2. The number of hydrogen-bond donors (Lipinski definition) is 3. The predicted octanol–water partition coefficient (Wildman–Crippen LogP) is 3.25. The van der Waals surface area contributed by atoms with Crippen LogP contribution in [0.3, 0.4) is 0 Å². The fourth-order valence-corrected chi connectivity index (χ4v) is 3.22. The molecule has 25 heavy (non-hydrogen) atoms. The lowest BCUT2D eigenvalue weighted by Gasteiger charge is -2.16. The molecule has 5 nitrogen and oxygen atoms in total. The zero-order valence-corrected chi connectivity index (χ0v) is 15.1. The Labute approximate surface area is 150 Å². The Morgan fingerprint density at radius 1 is 1.28 bits per heavy atom. The fraction of sp³-hybridized carbons (Fsp3) is 0.700. The van der Waals surface area contributed by atoms with Gasteiger partial charge >= 0.3 is 5.97 Å². The first-order valence-corrected chi connectivity index (χ1v) is 9.39. The highest BCUT2D eigenvalue weighted by atomic mass is 16.4. The van der Waals surface area contributed by atoms with Gasteiger partial charge in [0.25, 0.3) is 0 Å². The van der Waals surface area contributed by atoms with Crippen molar-refractivity contribution in [2.24, 2.45) is 11.8 Å². The molecule has 1 aliphatic rings. The molecule has 0 amide bonds. The molecule has 3 N–H and O–H groups in total. The van der Waals surface area contributed by atoms with Gasteiger partial charge < -0.3 is 15.3 Å². The quantitative estimate of drug-likeness (QED) is 0.370. The second kappa shape index (κ2) is 12.0. The highest BCUT2D eigenvalue weighted by Crippen LogP contribution is 2.33. The molecule has 0 heterocycles. The Hall–Kier alpha value is -1.46. The highest BCUT2D eigenvalue weighted by molar-refractivity contribution is 5.84. The number of carboxylic acid groups (broad SMARTS) is 1. The summed E-state index contributed by atoms with van der Waals surface area (Å²) in [6.45, 7) is 2.11. The van der Waals surface area contributed by atoms with E-state index in [1.807, 2.05) is 12.2 Å². The van der Waals surface area contributed by atoms with E-state index in [0.717, 1.165) is 19.3 Å². The molecule has 0 aromatic rings. The average molecular weight is 352 g/mol. The molecule has 1 saturated carbocycles. The maximum Gasteiger partial charge on any atom is 0.303 e. The molecule has 0 aromatic carbocycles. The minimum Gasteiger partial charge on any atom is -0.481 e. The third-order valence-electron chi connectivity index (χ3n) is 4.71. The Balaban J connectivity index is 2.48. The Kier molecular flexibility index (Phi) is 10.3. The number of hydrogen-bond acceptors (Lipinski definition) is 4. The molecule has 0 saturated heterocycles. The number of unbranched alkanes of at least 4 members (excludes halogenated alkanes) is 3. The van der Waals surface area contributed by atoms with Crippen LogP contribution < -0.4 is 0 Å². The molecular formula is C20H32O5. The molecule has 1 rings (SSSR count). The number of aliphatic hydroxyl groups is 2. The molecule has 142 valence electrons. The van der Waals surface area contributed by atoms with Crippen molar-refractivity contribution in [2.45, 2.75) is 76.9 Å². The van der Waals surface area contributed by atoms with Gasteiger partial charge in [-0.25, -0.2) is 0 Å². The van der Waals surface area contributed by atoms with Gasteiger partial charge in [0, 0.05) is 24.7 Å². The first-order chi connectivity index (χ1) is 12.0. The van der Waals surface area contributed by atoms with Crippen LogP contribution in [0.4, 0.5) is 0 Å². The maximum atomic E-state index is 12.1. The number of aliphatic carboxylic acids is 1. The Morgan fingerprint density at radius 3 is 2.72 bits per heavy atom. The summed E-state index contributed by atoms with van der Waals surface area (Å²) in [6.07, 6.45) is 12.1. The minimum atomic E-state index is -0.801. The summed E-state index contributed by atoms with van der Waals surface area (Å²) in [5.74, 6) is -1.26. The lowest BCUT2D eigenvalue weighted by Crippen LogP contribution is -2.18. The number of rotatable bonds is 12. The van der Waals surface area contributed by atoms with Crippen molar-refractivity contribution in [1.82, 2.24) is 0 Å². The van der Waals surface area contributed by atoms with Gasteiger partial charge in [0.05, 0.1) is 12.2 Å². The molecular weight excluding hydrogens is 320 g/mol. The van der Waals surface area contributed by atoms with Gasteiger partial charge in [-0.05, 0) is 25.7 Å². The molecule has 0 spiro atoms. The normalized spacial score (nSPS) is 25.2. The van der Waals surface area contributed by atoms with Crippen molar-refractivity contribution in [3.8, 4) is 0 Å². The van der Waals surface area contributed by atoms with Crippen LogP contribution in [0.25, 0.3) is 0 Å². The number of allylic oxidation sites excluding steroid dienone is 2. The van der Waals surface area contributed by atoms with E-state index in [1.54, 1.807) is 12.2 Å². The van der Waals surface area contributed by atoms with E-state index < -0.39 is 18.2 Å². The topological polar surface area (TPSA) is 94.8 Å². The van der Waals surface area contributed by atoms with Crippen molar-refractivity contribution in [3.63, 3.8) is 0 Å². The van der Waals surface area contributed by atoms with Crippen molar-refractivity contribution >= 4 is 11.8 Å². The number of ketones is 1. The van der Waals surface area contributed by atoms with E-state index in [4.69, 9.17) is 5.11 Å². The van der Waals surface area contributed by atoms with Crippen LogP contribution in [0.2, 0.25) is 0 Å². The number of carbonyl (C=O) groups excluding carboxylic acids is 1. The van der Waals surface area contributed by atoms with Gasteiger partial charge in [-0.1, -0.05) is 50.5 Å². The third kappa shape index (κ3) is 8.45. The Bertz CT molecular complexity index is 469. The number of aliphatic hydroxyl groups excluding tert-OH is 2. The molecule has 1 fully saturated rings. The summed E-state index contributed by atoms with van der Waals surface area (Å²) in [4.78, 5) is 22.5. The standard InChI is InChI=1S/C20H32O5/c1-2-3-6-9-15(21)12-13-17-16(18(22)14-19(17)23)10-7-4-5-8-11-20(24)25/h4,7,12-13,15-17,19,21,23H,2-3,5-6,8-11,14H2,1H3,(H,24,25)/t15-,16+,17+,19+/m0/s1. The van der Waals surface area contributed by atoms with E-state index in [0.29, 0.717) is 25.7 Å². The van der Waals surface area contributed by atoms with Crippen LogP contribution in [0, 0.1) is 11.8 Å². The fourth-order valence-electron chi connectivity index (χ4n) is 3.22. The SMILES string of the molecule is CCCCC[C@H](O)C=C[C@H]1[C@H](O)CC(=O)[C@@H]1CC=CCCCC(=O)O. The van der Waals surface area contributed by atoms with Crippen molar-refractivity contribution in [2.75, 3.05) is 0 Å². The van der Waals surface area contributed by atoms with E-state index in [-0.39, 0.29) is 30.5 Å². The first-order valence-electron chi connectivity index (χ1n) is 9.39. The zero-order valence-electron chi connectivity index (χ0n) is 15.1. The average Bonchev–Trinajstić information content (AvgIpc) is 2.82. The summed E-state index contributed by atoms with van der Waals surface area (Å²) in [5.41, 5.74) is 0. The van der Waals surface area contributed by atoms with Crippen LogP contribution in [-0.4, -0.2) is 39.3 Å². The van der Waals surface area contributed by atoms with E-state index in [1.165, 1.54) is 0 Å². The van der Waals surface area contributed by atoms with Crippen LogP contribution in [0.5, 0.6) is 0 Å². The predicted molar refractivity (Wildman–Crippen MR) is 97.1 cm³/mol.